The minimum Gasteiger partial charge on any atom is -0.342 e. The van der Waals surface area contributed by atoms with Crippen molar-refractivity contribution in [3.05, 3.63) is 51.6 Å². The Hall–Kier alpha value is -3.21. The van der Waals surface area contributed by atoms with E-state index in [1.54, 1.807) is 0 Å². The Morgan fingerprint density at radius 1 is 1.29 bits per heavy atom. The Morgan fingerprint density at radius 3 is 2.71 bits per heavy atom. The molecule has 2 aromatic rings. The van der Waals surface area contributed by atoms with Gasteiger partial charge in [0.05, 0.1) is 11.6 Å². The maximum atomic E-state index is 13.3. The number of carbonyl (C=O) groups is 1. The van der Waals surface area contributed by atoms with Crippen LogP contribution in [0.4, 0.5) is 16.2 Å². The zero-order valence-corrected chi connectivity index (χ0v) is 15.4. The molecule has 1 fully saturated rings. The van der Waals surface area contributed by atoms with E-state index in [1.807, 2.05) is 11.0 Å². The van der Waals surface area contributed by atoms with Gasteiger partial charge in [-0.25, -0.2) is 4.39 Å². The fourth-order valence-electron chi connectivity index (χ4n) is 4.06. The highest BCUT2D eigenvalue weighted by Gasteiger charge is 2.40. The molecule has 8 heteroatoms. The van der Waals surface area contributed by atoms with Crippen molar-refractivity contribution in [1.29, 1.82) is 5.26 Å². The van der Waals surface area contributed by atoms with Gasteiger partial charge in [0.2, 0.25) is 11.9 Å². The number of amides is 1. The van der Waals surface area contributed by atoms with E-state index in [2.05, 4.69) is 22.2 Å². The number of nitrogens with zero attached hydrogens (tertiary/aromatic N) is 3. The summed E-state index contributed by atoms with van der Waals surface area (Å²) in [6, 6.07) is 7.46. The molecule has 3 atom stereocenters. The van der Waals surface area contributed by atoms with Crippen LogP contribution in [0.25, 0.3) is 0 Å². The van der Waals surface area contributed by atoms with Crippen LogP contribution in [0.15, 0.2) is 29.1 Å². The normalized spacial score (nSPS) is 24.2. The first-order valence-corrected chi connectivity index (χ1v) is 9.33. The second kappa shape index (κ2) is 7.08. The topological polar surface area (TPSA) is 102 Å². The van der Waals surface area contributed by atoms with Crippen molar-refractivity contribution in [3.8, 4) is 6.07 Å². The van der Waals surface area contributed by atoms with Crippen molar-refractivity contribution >= 4 is 17.7 Å². The van der Waals surface area contributed by atoms with Gasteiger partial charge in [0, 0.05) is 19.0 Å². The van der Waals surface area contributed by atoms with Gasteiger partial charge in [0.1, 0.15) is 17.6 Å². The number of aromatic amines is 1. The van der Waals surface area contributed by atoms with Gasteiger partial charge in [-0.05, 0) is 36.5 Å². The van der Waals surface area contributed by atoms with E-state index in [-0.39, 0.29) is 11.4 Å². The molecule has 0 spiro atoms. The van der Waals surface area contributed by atoms with Crippen molar-refractivity contribution in [3.63, 3.8) is 0 Å². The zero-order valence-electron chi connectivity index (χ0n) is 15.4. The predicted molar refractivity (Wildman–Crippen MR) is 101 cm³/mol. The SMILES string of the molecule is C[C@@H]1CCCN(c2nc3c(c(=O)[nH]2)[C@H](c2ccc(F)cc2)[C@@H](C#N)C(=O)N3)C1. The fourth-order valence-corrected chi connectivity index (χ4v) is 4.06. The number of halogens is 1. The van der Waals surface area contributed by atoms with Crippen molar-refractivity contribution in [2.45, 2.75) is 25.7 Å². The second-order valence-electron chi connectivity index (χ2n) is 7.47. The third-order valence-electron chi connectivity index (χ3n) is 5.44. The number of fused-ring (bicyclic) bond motifs is 1. The summed E-state index contributed by atoms with van der Waals surface area (Å²) in [5.74, 6) is -1.77. The summed E-state index contributed by atoms with van der Waals surface area (Å²) in [4.78, 5) is 34.8. The number of rotatable bonds is 2. The summed E-state index contributed by atoms with van der Waals surface area (Å²) in [5, 5.41) is 12.1. The van der Waals surface area contributed by atoms with Gasteiger partial charge >= 0.3 is 0 Å². The molecule has 1 amide bonds. The average molecular weight is 381 g/mol. The molecule has 0 unspecified atom stereocenters. The van der Waals surface area contributed by atoms with Gasteiger partial charge in [0.25, 0.3) is 5.56 Å². The molecule has 1 aromatic carbocycles. The summed E-state index contributed by atoms with van der Waals surface area (Å²) >= 11 is 0. The largest absolute Gasteiger partial charge is 0.342 e. The van der Waals surface area contributed by atoms with Gasteiger partial charge < -0.3 is 10.2 Å². The number of hydrogen-bond acceptors (Lipinski definition) is 5. The van der Waals surface area contributed by atoms with Crippen LogP contribution in [0.3, 0.4) is 0 Å². The van der Waals surface area contributed by atoms with Crippen molar-refractivity contribution in [1.82, 2.24) is 9.97 Å². The maximum Gasteiger partial charge on any atom is 0.258 e. The Kier molecular flexibility index (Phi) is 4.59. The quantitative estimate of drug-likeness (QED) is 0.832. The molecule has 2 aliphatic rings. The number of nitriles is 1. The van der Waals surface area contributed by atoms with Gasteiger partial charge in [-0.15, -0.1) is 0 Å². The number of hydrogen-bond donors (Lipinski definition) is 2. The number of nitrogens with one attached hydrogen (secondary N) is 2. The zero-order chi connectivity index (χ0) is 19.8. The molecule has 0 radical (unpaired) electrons. The molecule has 7 nitrogen and oxygen atoms in total. The molecule has 0 bridgehead atoms. The summed E-state index contributed by atoms with van der Waals surface area (Å²) in [5.41, 5.74) is 0.357. The first-order chi connectivity index (χ1) is 13.5. The molecule has 28 heavy (non-hydrogen) atoms. The number of benzene rings is 1. The van der Waals surface area contributed by atoms with Crippen LogP contribution in [0.2, 0.25) is 0 Å². The van der Waals surface area contributed by atoms with E-state index in [4.69, 9.17) is 0 Å². The lowest BCUT2D eigenvalue weighted by molar-refractivity contribution is -0.119. The van der Waals surface area contributed by atoms with E-state index in [1.165, 1.54) is 24.3 Å². The van der Waals surface area contributed by atoms with Crippen LogP contribution in [0.5, 0.6) is 0 Å². The van der Waals surface area contributed by atoms with E-state index >= 15 is 0 Å². The summed E-state index contributed by atoms with van der Waals surface area (Å²) in [7, 11) is 0. The summed E-state index contributed by atoms with van der Waals surface area (Å²) in [6.07, 6.45) is 2.13. The van der Waals surface area contributed by atoms with E-state index in [0.717, 1.165) is 25.9 Å². The van der Waals surface area contributed by atoms with Gasteiger partial charge in [-0.2, -0.15) is 10.2 Å². The van der Waals surface area contributed by atoms with Crippen molar-refractivity contribution < 1.29 is 9.18 Å². The summed E-state index contributed by atoms with van der Waals surface area (Å²) < 4.78 is 13.3. The molecule has 1 aromatic heterocycles. The first kappa shape index (κ1) is 18.2. The molecule has 2 N–H and O–H groups in total. The van der Waals surface area contributed by atoms with Gasteiger partial charge in [-0.1, -0.05) is 19.1 Å². The highest BCUT2D eigenvalue weighted by Crippen LogP contribution is 2.38. The van der Waals surface area contributed by atoms with Crippen molar-refractivity contribution in [2.24, 2.45) is 11.8 Å². The van der Waals surface area contributed by atoms with Crippen LogP contribution in [-0.2, 0) is 4.79 Å². The Balaban J connectivity index is 1.82. The van der Waals surface area contributed by atoms with Crippen molar-refractivity contribution in [2.75, 3.05) is 23.3 Å². The molecule has 144 valence electrons. The molecular weight excluding hydrogens is 361 g/mol. The number of H-pyrrole nitrogens is 1. The third-order valence-corrected chi connectivity index (χ3v) is 5.44. The van der Waals surface area contributed by atoms with Gasteiger partial charge in [-0.3, -0.25) is 14.6 Å². The number of carbonyl (C=O) groups excluding carboxylic acids is 1. The van der Waals surface area contributed by atoms with E-state index < -0.39 is 29.1 Å². The summed E-state index contributed by atoms with van der Waals surface area (Å²) in [6.45, 7) is 3.70. The van der Waals surface area contributed by atoms with E-state index in [0.29, 0.717) is 17.4 Å². The Bertz CT molecular complexity index is 1010. The first-order valence-electron chi connectivity index (χ1n) is 9.33. The lowest BCUT2D eigenvalue weighted by Crippen LogP contribution is -2.41. The predicted octanol–water partition coefficient (Wildman–Crippen LogP) is 2.37. The Morgan fingerprint density at radius 2 is 2.04 bits per heavy atom. The lowest BCUT2D eigenvalue weighted by atomic mass is 9.79. The van der Waals surface area contributed by atoms with Crippen LogP contribution in [0, 0.1) is 29.0 Å². The Labute approximate surface area is 161 Å². The third kappa shape index (κ3) is 3.13. The molecule has 0 saturated carbocycles. The minimum atomic E-state index is -1.10. The second-order valence-corrected chi connectivity index (χ2v) is 7.47. The molecular formula is C20H20FN5O2. The maximum absolute atomic E-state index is 13.3. The molecule has 2 aliphatic heterocycles. The smallest absolute Gasteiger partial charge is 0.258 e. The standard InChI is InChI=1S/C20H20FN5O2/c1-11-3-2-8-26(10-11)20-24-17-16(19(28)25-20)15(14(9-22)18(27)23-17)12-4-6-13(21)7-5-12/h4-7,11,14-15H,2-3,8,10H2,1H3,(H2,23,24,25,27,28)/t11-,14-,15-/m1/s1. The number of aromatic nitrogens is 2. The van der Waals surface area contributed by atoms with Crippen LogP contribution in [0.1, 0.15) is 36.8 Å². The molecule has 1 saturated heterocycles. The van der Waals surface area contributed by atoms with Gasteiger partial charge in [0.15, 0.2) is 0 Å². The van der Waals surface area contributed by atoms with Crippen LogP contribution < -0.4 is 15.8 Å². The monoisotopic (exact) mass is 381 g/mol. The highest BCUT2D eigenvalue weighted by molar-refractivity contribution is 5.97. The number of piperidine rings is 1. The molecule has 3 heterocycles. The average Bonchev–Trinajstić information content (AvgIpc) is 2.67. The fraction of sp³-hybridized carbons (Fsp3) is 0.400. The lowest BCUT2D eigenvalue weighted by Gasteiger charge is -2.33. The van der Waals surface area contributed by atoms with Crippen LogP contribution >= 0.6 is 0 Å². The highest BCUT2D eigenvalue weighted by atomic mass is 19.1. The molecule has 4 rings (SSSR count). The van der Waals surface area contributed by atoms with Crippen LogP contribution in [-0.4, -0.2) is 29.0 Å². The molecule has 0 aliphatic carbocycles. The van der Waals surface area contributed by atoms with E-state index in [9.17, 15) is 19.2 Å². The number of anilines is 2. The minimum absolute atomic E-state index is 0.169.